The molecule has 3 rings (SSSR count). The number of H-pyrrole nitrogens is 1. The minimum atomic E-state index is -1.48. The van der Waals surface area contributed by atoms with Crippen molar-refractivity contribution < 1.29 is 24.4 Å². The largest absolute Gasteiger partial charge is 0.394 e. The molecule has 0 radical (unpaired) electrons. The van der Waals surface area contributed by atoms with Crippen LogP contribution in [0.5, 0.6) is 0 Å². The maximum Gasteiger partial charge on any atom is 0.280 e. The number of hydrogen-bond donors (Lipinski definition) is 4. The van der Waals surface area contributed by atoms with Crippen molar-refractivity contribution in [1.82, 2.24) is 14.4 Å². The van der Waals surface area contributed by atoms with Crippen LogP contribution in [0.4, 0.5) is 4.39 Å². The Hall–Kier alpha value is -2.14. The second-order valence-electron chi connectivity index (χ2n) is 4.91. The van der Waals surface area contributed by atoms with Crippen LogP contribution in [-0.4, -0.2) is 54.6 Å². The van der Waals surface area contributed by atoms with Crippen molar-refractivity contribution in [2.45, 2.75) is 24.4 Å². The van der Waals surface area contributed by atoms with Crippen LogP contribution in [0.2, 0.25) is 0 Å². The third-order valence-corrected chi connectivity index (χ3v) is 3.51. The number of nitrogens with zero attached hydrogens (tertiary/aromatic N) is 2. The number of aliphatic hydroxyl groups excluding tert-OH is 3. The molecule has 0 aliphatic carbocycles. The number of aliphatic hydroxyl groups is 3. The Morgan fingerprint density at radius 1 is 1.36 bits per heavy atom. The van der Waals surface area contributed by atoms with Crippen molar-refractivity contribution in [3.63, 3.8) is 0 Å². The molecule has 2 aromatic heterocycles. The zero-order valence-corrected chi connectivity index (χ0v) is 11.0. The molecule has 1 saturated heterocycles. The fourth-order valence-electron chi connectivity index (χ4n) is 2.40. The van der Waals surface area contributed by atoms with Crippen molar-refractivity contribution in [1.29, 1.82) is 0 Å². The minimum Gasteiger partial charge on any atom is -0.394 e. The summed E-state index contributed by atoms with van der Waals surface area (Å²) in [5.74, 6) is -1.26. The molecule has 0 bridgehead atoms. The molecule has 0 amide bonds. The lowest BCUT2D eigenvalue weighted by Crippen LogP contribution is -2.33. The Kier molecular flexibility index (Phi) is 3.53. The number of aromatic amines is 1. The van der Waals surface area contributed by atoms with Crippen molar-refractivity contribution in [2.75, 3.05) is 6.61 Å². The first-order valence-electron chi connectivity index (χ1n) is 6.37. The van der Waals surface area contributed by atoms with Gasteiger partial charge >= 0.3 is 0 Å². The molecule has 1 aliphatic rings. The van der Waals surface area contributed by atoms with E-state index in [4.69, 9.17) is 9.84 Å². The van der Waals surface area contributed by atoms with E-state index in [2.05, 4.69) is 9.97 Å². The van der Waals surface area contributed by atoms with Gasteiger partial charge in [-0.1, -0.05) is 0 Å². The summed E-state index contributed by atoms with van der Waals surface area (Å²) in [6.45, 7) is -0.557. The molecule has 4 atom stereocenters. The first-order chi connectivity index (χ1) is 10.4. The lowest BCUT2D eigenvalue weighted by Gasteiger charge is -2.14. The molecule has 0 aromatic carbocycles. The number of fused-ring (bicyclic) bond motifs is 1. The summed E-state index contributed by atoms with van der Waals surface area (Å²) < 4.78 is 19.8. The average Bonchev–Trinajstić information content (AvgIpc) is 2.74. The third-order valence-electron chi connectivity index (χ3n) is 3.51. The lowest BCUT2D eigenvalue weighted by molar-refractivity contribution is -0.0232. The van der Waals surface area contributed by atoms with Crippen LogP contribution >= 0.6 is 0 Å². The second-order valence-corrected chi connectivity index (χ2v) is 4.91. The maximum absolute atomic E-state index is 13.8. The van der Waals surface area contributed by atoms with E-state index in [0.717, 1.165) is 10.6 Å². The molecule has 118 valence electrons. The predicted octanol–water partition coefficient (Wildman–Crippen LogP) is -2.32. The van der Waals surface area contributed by atoms with Crippen molar-refractivity contribution in [3.05, 3.63) is 44.5 Å². The van der Waals surface area contributed by atoms with E-state index in [1.165, 1.54) is 0 Å². The molecule has 0 spiro atoms. The highest BCUT2D eigenvalue weighted by atomic mass is 19.1. The normalized spacial score (nSPS) is 28.4. The Bertz CT molecular complexity index is 834. The maximum atomic E-state index is 13.8. The smallest absolute Gasteiger partial charge is 0.280 e. The number of ether oxygens (including phenoxy) is 1. The van der Waals surface area contributed by atoms with Crippen LogP contribution in [0.25, 0.3) is 5.78 Å². The number of hydrogen-bond acceptors (Lipinski definition) is 7. The molecule has 4 N–H and O–H groups in total. The van der Waals surface area contributed by atoms with E-state index >= 15 is 0 Å². The molecule has 2 unspecified atom stereocenters. The summed E-state index contributed by atoms with van der Waals surface area (Å²) in [6, 6.07) is 0.667. The van der Waals surface area contributed by atoms with E-state index in [9.17, 15) is 24.2 Å². The zero-order valence-electron chi connectivity index (χ0n) is 11.0. The van der Waals surface area contributed by atoms with Gasteiger partial charge in [0.15, 0.2) is 0 Å². The van der Waals surface area contributed by atoms with Crippen LogP contribution in [0.3, 0.4) is 0 Å². The van der Waals surface area contributed by atoms with Crippen molar-refractivity contribution in [2.24, 2.45) is 0 Å². The lowest BCUT2D eigenvalue weighted by atomic mass is 10.0. The van der Waals surface area contributed by atoms with Crippen LogP contribution in [0.15, 0.2) is 21.9 Å². The van der Waals surface area contributed by atoms with Gasteiger partial charge in [-0.15, -0.1) is 0 Å². The first-order valence-corrected chi connectivity index (χ1v) is 6.37. The Balaban J connectivity index is 2.14. The van der Waals surface area contributed by atoms with E-state index < -0.39 is 48.1 Å². The molecular weight excluding hydrogens is 301 g/mol. The van der Waals surface area contributed by atoms with E-state index in [-0.39, 0.29) is 11.3 Å². The Morgan fingerprint density at radius 2 is 2.09 bits per heavy atom. The summed E-state index contributed by atoms with van der Waals surface area (Å²) in [5, 5.41) is 28.6. The molecule has 22 heavy (non-hydrogen) atoms. The van der Waals surface area contributed by atoms with E-state index in [1.807, 2.05) is 0 Å². The highest BCUT2D eigenvalue weighted by Gasteiger charge is 2.44. The second kappa shape index (κ2) is 5.25. The van der Waals surface area contributed by atoms with Gasteiger partial charge < -0.3 is 20.1 Å². The van der Waals surface area contributed by atoms with Gasteiger partial charge in [-0.25, -0.2) is 0 Å². The average molecular weight is 313 g/mol. The van der Waals surface area contributed by atoms with Gasteiger partial charge in [0.1, 0.15) is 24.4 Å². The van der Waals surface area contributed by atoms with Gasteiger partial charge in [0.25, 0.3) is 11.1 Å². The molecule has 9 nitrogen and oxygen atoms in total. The molecule has 10 heteroatoms. The minimum absolute atomic E-state index is 0.203. The van der Waals surface area contributed by atoms with Gasteiger partial charge in [-0.05, 0) is 0 Å². The Morgan fingerprint density at radius 3 is 2.73 bits per heavy atom. The summed E-state index contributed by atoms with van der Waals surface area (Å²) in [5.41, 5.74) is -1.81. The highest BCUT2D eigenvalue weighted by molar-refractivity contribution is 5.30. The van der Waals surface area contributed by atoms with Crippen LogP contribution in [0.1, 0.15) is 11.7 Å². The van der Waals surface area contributed by atoms with E-state index in [0.29, 0.717) is 6.07 Å². The topological polar surface area (TPSA) is 137 Å². The Labute approximate surface area is 121 Å². The summed E-state index contributed by atoms with van der Waals surface area (Å²) in [6.07, 6.45) is -4.18. The van der Waals surface area contributed by atoms with Crippen LogP contribution in [-0.2, 0) is 4.74 Å². The fourth-order valence-corrected chi connectivity index (χ4v) is 2.40. The number of nitrogens with one attached hydrogen (secondary N) is 1. The van der Waals surface area contributed by atoms with Gasteiger partial charge in [-0.2, -0.15) is 9.37 Å². The molecule has 1 aliphatic heterocycles. The van der Waals surface area contributed by atoms with Gasteiger partial charge in [0.05, 0.1) is 18.2 Å². The molecule has 1 fully saturated rings. The van der Waals surface area contributed by atoms with Crippen molar-refractivity contribution in [3.8, 4) is 0 Å². The predicted molar refractivity (Wildman–Crippen MR) is 68.8 cm³/mol. The summed E-state index contributed by atoms with van der Waals surface area (Å²) in [4.78, 5) is 28.9. The number of rotatable bonds is 2. The zero-order chi connectivity index (χ0) is 16.0. The molecule has 2 aromatic rings. The molecule has 3 heterocycles. The van der Waals surface area contributed by atoms with Crippen molar-refractivity contribution >= 4 is 5.78 Å². The molecular formula is C12H12FN3O6. The standard InChI is InChI=1S/C12H12FN3O6/c13-6-1-7(18)14-12-15-11(21)4(2-16(6)12)10-9(20)8(19)5(3-17)22-10/h1-2,5,8-10,17,19-20H,3H2,(H,14,15,18,21)/t5-,8?,9?,10+/m1/s1. The molecule has 0 saturated carbocycles. The van der Waals surface area contributed by atoms with E-state index in [1.54, 1.807) is 0 Å². The van der Waals surface area contributed by atoms with Gasteiger partial charge in [0, 0.05) is 6.20 Å². The first kappa shape index (κ1) is 14.8. The highest BCUT2D eigenvalue weighted by Crippen LogP contribution is 2.31. The van der Waals surface area contributed by atoms with Gasteiger partial charge in [-0.3, -0.25) is 19.0 Å². The monoisotopic (exact) mass is 313 g/mol. The van der Waals surface area contributed by atoms with Crippen LogP contribution < -0.4 is 11.1 Å². The quantitative estimate of drug-likeness (QED) is 0.457. The summed E-state index contributed by atoms with van der Waals surface area (Å²) >= 11 is 0. The number of halogens is 1. The van der Waals surface area contributed by atoms with Crippen LogP contribution in [0, 0.1) is 5.95 Å². The fraction of sp³-hybridized carbons (Fsp3) is 0.417. The summed E-state index contributed by atoms with van der Waals surface area (Å²) in [7, 11) is 0. The number of aromatic nitrogens is 3. The SMILES string of the molecule is O=c1cc(F)n2cc([C@@H]3O[C@H](CO)C(O)C3O)c(=O)nc2[nH]1. The van der Waals surface area contributed by atoms with Gasteiger partial charge in [0.2, 0.25) is 11.7 Å². The third kappa shape index (κ3) is 2.22.